The Hall–Kier alpha value is -1.23. The van der Waals surface area contributed by atoms with Gasteiger partial charge in [0, 0.05) is 5.70 Å². The van der Waals surface area contributed by atoms with Gasteiger partial charge in [0.05, 0.1) is 5.57 Å². The Bertz CT molecular complexity index is 303. The van der Waals surface area contributed by atoms with E-state index in [9.17, 15) is 0 Å². The number of hydrogen-bond donors (Lipinski definition) is 1. The standard InChI is InChI=1S/C11H16N2/c1-3-4-9-8(2)5-6-11(13)10(9)7-12/h3-6,13H2,1-2H3. The molecule has 0 saturated carbocycles. The summed E-state index contributed by atoms with van der Waals surface area (Å²) in [6.07, 6.45) is 3.93. The molecule has 0 saturated heterocycles. The number of allylic oxidation sites excluding steroid dienone is 4. The van der Waals surface area contributed by atoms with Crippen LogP contribution in [-0.2, 0) is 0 Å². The van der Waals surface area contributed by atoms with Crippen LogP contribution in [0.5, 0.6) is 0 Å². The Kier molecular flexibility index (Phi) is 3.13. The Morgan fingerprint density at radius 3 is 2.69 bits per heavy atom. The van der Waals surface area contributed by atoms with Crippen LogP contribution in [0.1, 0.15) is 39.5 Å². The molecular weight excluding hydrogens is 160 g/mol. The second-order valence-corrected chi connectivity index (χ2v) is 3.52. The van der Waals surface area contributed by atoms with Crippen LogP contribution in [0.2, 0.25) is 0 Å². The molecule has 0 amide bonds. The first kappa shape index (κ1) is 9.85. The maximum Gasteiger partial charge on any atom is 0.101 e. The zero-order valence-electron chi connectivity index (χ0n) is 8.35. The third-order valence-electron chi connectivity index (χ3n) is 2.52. The fraction of sp³-hybridized carbons (Fsp3) is 0.545. The van der Waals surface area contributed by atoms with Crippen molar-refractivity contribution in [2.45, 2.75) is 39.5 Å². The van der Waals surface area contributed by atoms with Crippen molar-refractivity contribution in [3.8, 4) is 6.07 Å². The van der Waals surface area contributed by atoms with Crippen molar-refractivity contribution in [3.63, 3.8) is 0 Å². The van der Waals surface area contributed by atoms with Gasteiger partial charge >= 0.3 is 0 Å². The first-order valence-electron chi connectivity index (χ1n) is 4.78. The number of rotatable bonds is 2. The molecule has 70 valence electrons. The van der Waals surface area contributed by atoms with Crippen LogP contribution >= 0.6 is 0 Å². The fourth-order valence-electron chi connectivity index (χ4n) is 1.73. The first-order chi connectivity index (χ1) is 6.20. The molecule has 0 atom stereocenters. The van der Waals surface area contributed by atoms with Gasteiger partial charge in [0.2, 0.25) is 0 Å². The van der Waals surface area contributed by atoms with Gasteiger partial charge in [-0.15, -0.1) is 0 Å². The Morgan fingerprint density at radius 1 is 1.46 bits per heavy atom. The van der Waals surface area contributed by atoms with Crippen molar-refractivity contribution < 1.29 is 0 Å². The summed E-state index contributed by atoms with van der Waals surface area (Å²) in [6.45, 7) is 4.23. The quantitative estimate of drug-likeness (QED) is 0.703. The van der Waals surface area contributed by atoms with E-state index in [2.05, 4.69) is 19.9 Å². The monoisotopic (exact) mass is 176 g/mol. The van der Waals surface area contributed by atoms with Crippen molar-refractivity contribution in [2.24, 2.45) is 5.73 Å². The predicted octanol–water partition coefficient (Wildman–Crippen LogP) is 2.63. The van der Waals surface area contributed by atoms with E-state index < -0.39 is 0 Å². The van der Waals surface area contributed by atoms with E-state index in [4.69, 9.17) is 11.0 Å². The van der Waals surface area contributed by atoms with E-state index in [-0.39, 0.29) is 0 Å². The van der Waals surface area contributed by atoms with Gasteiger partial charge in [0.15, 0.2) is 0 Å². The molecular formula is C11H16N2. The summed E-state index contributed by atoms with van der Waals surface area (Å²) in [5.41, 5.74) is 9.84. The largest absolute Gasteiger partial charge is 0.401 e. The molecule has 0 aliphatic heterocycles. The van der Waals surface area contributed by atoms with Crippen LogP contribution in [0.25, 0.3) is 0 Å². The summed E-state index contributed by atoms with van der Waals surface area (Å²) >= 11 is 0. The molecule has 1 aliphatic carbocycles. The summed E-state index contributed by atoms with van der Waals surface area (Å²) < 4.78 is 0. The lowest BCUT2D eigenvalue weighted by Gasteiger charge is -2.18. The van der Waals surface area contributed by atoms with E-state index in [0.29, 0.717) is 0 Å². The number of nitriles is 1. The van der Waals surface area contributed by atoms with Crippen LogP contribution in [0, 0.1) is 11.3 Å². The molecule has 0 aromatic rings. The number of nitrogens with zero attached hydrogens (tertiary/aromatic N) is 1. The van der Waals surface area contributed by atoms with Gasteiger partial charge in [-0.3, -0.25) is 0 Å². The van der Waals surface area contributed by atoms with Gasteiger partial charge in [0.25, 0.3) is 0 Å². The number of hydrogen-bond acceptors (Lipinski definition) is 2. The lowest BCUT2D eigenvalue weighted by atomic mass is 9.88. The maximum absolute atomic E-state index is 8.95. The molecule has 13 heavy (non-hydrogen) atoms. The van der Waals surface area contributed by atoms with Crippen LogP contribution in [0.4, 0.5) is 0 Å². The van der Waals surface area contributed by atoms with Gasteiger partial charge in [0.1, 0.15) is 6.07 Å². The van der Waals surface area contributed by atoms with E-state index in [1.807, 2.05) is 0 Å². The van der Waals surface area contributed by atoms with Crippen LogP contribution in [-0.4, -0.2) is 0 Å². The normalized spacial score (nSPS) is 17.6. The van der Waals surface area contributed by atoms with Gasteiger partial charge in [-0.2, -0.15) is 5.26 Å². The minimum absolute atomic E-state index is 0.741. The third kappa shape index (κ3) is 1.92. The summed E-state index contributed by atoms with van der Waals surface area (Å²) in [4.78, 5) is 0. The van der Waals surface area contributed by atoms with Gasteiger partial charge in [-0.05, 0) is 31.8 Å². The number of nitrogens with two attached hydrogens (primary N) is 1. The Morgan fingerprint density at radius 2 is 2.15 bits per heavy atom. The highest BCUT2D eigenvalue weighted by molar-refractivity contribution is 5.49. The molecule has 1 rings (SSSR count). The van der Waals surface area contributed by atoms with Crippen LogP contribution in [0.3, 0.4) is 0 Å². The minimum Gasteiger partial charge on any atom is -0.401 e. The average molecular weight is 176 g/mol. The molecule has 0 spiro atoms. The zero-order valence-corrected chi connectivity index (χ0v) is 8.35. The van der Waals surface area contributed by atoms with E-state index >= 15 is 0 Å². The molecule has 1 aliphatic rings. The second kappa shape index (κ2) is 4.13. The zero-order chi connectivity index (χ0) is 9.84. The lowest BCUT2D eigenvalue weighted by molar-refractivity contribution is 0.812. The summed E-state index contributed by atoms with van der Waals surface area (Å²) in [5, 5.41) is 8.95. The van der Waals surface area contributed by atoms with Crippen molar-refractivity contribution in [1.82, 2.24) is 0 Å². The molecule has 0 unspecified atom stereocenters. The fourth-order valence-corrected chi connectivity index (χ4v) is 1.73. The topological polar surface area (TPSA) is 49.8 Å². The SMILES string of the molecule is CCCC1=C(C)CCC(N)=C1C#N. The highest BCUT2D eigenvalue weighted by atomic mass is 14.6. The molecule has 0 fully saturated rings. The summed E-state index contributed by atoms with van der Waals surface area (Å²) in [5.74, 6) is 0. The van der Waals surface area contributed by atoms with Crippen molar-refractivity contribution >= 4 is 0 Å². The minimum atomic E-state index is 0.741. The van der Waals surface area contributed by atoms with E-state index in [1.165, 1.54) is 11.1 Å². The van der Waals surface area contributed by atoms with Crippen LogP contribution < -0.4 is 5.73 Å². The second-order valence-electron chi connectivity index (χ2n) is 3.52. The van der Waals surface area contributed by atoms with Crippen molar-refractivity contribution in [1.29, 1.82) is 5.26 Å². The van der Waals surface area contributed by atoms with Crippen LogP contribution in [0.15, 0.2) is 22.4 Å². The average Bonchev–Trinajstić information content (AvgIpc) is 2.12. The molecule has 0 aromatic heterocycles. The van der Waals surface area contributed by atoms with Gasteiger partial charge in [-0.1, -0.05) is 18.9 Å². The highest BCUT2D eigenvalue weighted by Crippen LogP contribution is 2.30. The Balaban J connectivity index is 3.04. The molecule has 0 aromatic carbocycles. The predicted molar refractivity (Wildman–Crippen MR) is 53.7 cm³/mol. The van der Waals surface area contributed by atoms with E-state index in [0.717, 1.165) is 37.0 Å². The molecule has 2 N–H and O–H groups in total. The maximum atomic E-state index is 8.95. The summed E-state index contributed by atoms with van der Waals surface area (Å²) in [6, 6.07) is 2.22. The molecule has 0 heterocycles. The molecule has 2 heteroatoms. The highest BCUT2D eigenvalue weighted by Gasteiger charge is 2.16. The molecule has 0 bridgehead atoms. The van der Waals surface area contributed by atoms with Crippen molar-refractivity contribution in [3.05, 3.63) is 22.4 Å². The van der Waals surface area contributed by atoms with Gasteiger partial charge in [-0.25, -0.2) is 0 Å². The lowest BCUT2D eigenvalue weighted by Crippen LogP contribution is -2.10. The molecule has 0 radical (unpaired) electrons. The van der Waals surface area contributed by atoms with Gasteiger partial charge < -0.3 is 5.73 Å². The van der Waals surface area contributed by atoms with E-state index in [1.54, 1.807) is 0 Å². The third-order valence-corrected chi connectivity index (χ3v) is 2.52. The Labute approximate surface area is 79.7 Å². The first-order valence-corrected chi connectivity index (χ1v) is 4.78. The summed E-state index contributed by atoms with van der Waals surface area (Å²) in [7, 11) is 0. The molecule has 2 nitrogen and oxygen atoms in total. The van der Waals surface area contributed by atoms with Crippen molar-refractivity contribution in [2.75, 3.05) is 0 Å². The smallest absolute Gasteiger partial charge is 0.101 e.